The number of hydrogen-bond acceptors (Lipinski definition) is 4. The molecule has 0 atom stereocenters. The first kappa shape index (κ1) is 12.3. The highest BCUT2D eigenvalue weighted by molar-refractivity contribution is 6.33. The van der Waals surface area contributed by atoms with E-state index in [0.717, 1.165) is 37.9 Å². The quantitative estimate of drug-likeness (QED) is 0.633. The maximum Gasteiger partial charge on any atom is 0.164 e. The lowest BCUT2D eigenvalue weighted by Crippen LogP contribution is -1.98. The van der Waals surface area contributed by atoms with Crippen LogP contribution in [0.4, 0.5) is 0 Å². The predicted molar refractivity (Wildman–Crippen MR) is 65.9 cm³/mol. The molecule has 0 saturated carbocycles. The number of aliphatic hydroxyl groups excluding tert-OH is 1. The zero-order valence-electron chi connectivity index (χ0n) is 9.51. The van der Waals surface area contributed by atoms with Gasteiger partial charge in [-0.2, -0.15) is 0 Å². The van der Waals surface area contributed by atoms with Crippen LogP contribution in [0.3, 0.4) is 0 Å². The number of unbranched alkanes of at least 4 members (excludes halogenated alkanes) is 3. The van der Waals surface area contributed by atoms with E-state index in [1.165, 1.54) is 6.33 Å². The van der Waals surface area contributed by atoms with Crippen LogP contribution in [-0.2, 0) is 6.54 Å². The van der Waals surface area contributed by atoms with Crippen LogP contribution in [0.5, 0.6) is 0 Å². The molecule has 0 aliphatic rings. The Balaban J connectivity index is 1.97. The van der Waals surface area contributed by atoms with Crippen LogP contribution in [0.25, 0.3) is 11.2 Å². The van der Waals surface area contributed by atoms with E-state index in [0.29, 0.717) is 10.7 Å². The van der Waals surface area contributed by atoms with Gasteiger partial charge in [0.2, 0.25) is 0 Å². The van der Waals surface area contributed by atoms with Gasteiger partial charge in [0.15, 0.2) is 10.8 Å². The number of imidazole rings is 1. The third-order valence-electron chi connectivity index (χ3n) is 2.66. The number of fused-ring (bicyclic) bond motifs is 1. The summed E-state index contributed by atoms with van der Waals surface area (Å²) in [5.74, 6) is 0. The van der Waals surface area contributed by atoms with Gasteiger partial charge in [0, 0.05) is 13.2 Å². The topological polar surface area (TPSA) is 63.8 Å². The third kappa shape index (κ3) is 2.92. The predicted octanol–water partition coefficient (Wildman–Crippen LogP) is 2.03. The summed E-state index contributed by atoms with van der Waals surface area (Å²) in [6.07, 6.45) is 7.27. The summed E-state index contributed by atoms with van der Waals surface area (Å²) in [5, 5.41) is 9.07. The smallest absolute Gasteiger partial charge is 0.164 e. The fraction of sp³-hybridized carbons (Fsp3) is 0.545. The third-order valence-corrected chi connectivity index (χ3v) is 2.94. The van der Waals surface area contributed by atoms with Crippen LogP contribution < -0.4 is 0 Å². The Hall–Kier alpha value is -1.20. The Morgan fingerprint density at radius 2 is 1.94 bits per heavy atom. The molecule has 2 aromatic rings. The van der Waals surface area contributed by atoms with Gasteiger partial charge in [-0.05, 0) is 12.8 Å². The van der Waals surface area contributed by atoms with E-state index < -0.39 is 0 Å². The standard InChI is InChI=1S/C11H15ClN4O/c12-10-9-11(14-7-13-10)16(8-15-9)5-3-1-2-4-6-17/h7-8,17H,1-6H2. The molecule has 0 saturated heterocycles. The van der Waals surface area contributed by atoms with Crippen LogP contribution >= 0.6 is 11.6 Å². The fourth-order valence-electron chi connectivity index (χ4n) is 1.76. The number of aliphatic hydroxyl groups is 1. The molecule has 0 aromatic carbocycles. The first-order valence-corrected chi connectivity index (χ1v) is 6.13. The van der Waals surface area contributed by atoms with Crippen molar-refractivity contribution in [2.75, 3.05) is 6.61 Å². The first-order chi connectivity index (χ1) is 8.33. The van der Waals surface area contributed by atoms with Gasteiger partial charge < -0.3 is 9.67 Å². The van der Waals surface area contributed by atoms with Crippen molar-refractivity contribution in [1.82, 2.24) is 19.5 Å². The molecule has 0 aliphatic heterocycles. The largest absolute Gasteiger partial charge is 0.396 e. The van der Waals surface area contributed by atoms with Gasteiger partial charge >= 0.3 is 0 Å². The Labute approximate surface area is 104 Å². The molecule has 2 rings (SSSR count). The molecule has 17 heavy (non-hydrogen) atoms. The summed E-state index contributed by atoms with van der Waals surface area (Å²) >= 11 is 5.92. The van der Waals surface area contributed by atoms with Crippen molar-refractivity contribution in [2.24, 2.45) is 0 Å². The second kappa shape index (κ2) is 5.93. The molecular formula is C11H15ClN4O. The minimum absolute atomic E-state index is 0.275. The van der Waals surface area contributed by atoms with Gasteiger partial charge in [0.25, 0.3) is 0 Å². The molecule has 0 radical (unpaired) electrons. The highest BCUT2D eigenvalue weighted by atomic mass is 35.5. The summed E-state index contributed by atoms with van der Waals surface area (Å²) < 4.78 is 1.99. The van der Waals surface area contributed by atoms with Crippen molar-refractivity contribution in [3.05, 3.63) is 17.8 Å². The zero-order valence-corrected chi connectivity index (χ0v) is 10.3. The average molecular weight is 255 g/mol. The molecule has 0 spiro atoms. The molecule has 0 amide bonds. The molecule has 0 aliphatic carbocycles. The minimum Gasteiger partial charge on any atom is -0.396 e. The number of nitrogens with zero attached hydrogens (tertiary/aromatic N) is 4. The lowest BCUT2D eigenvalue weighted by atomic mass is 10.2. The van der Waals surface area contributed by atoms with Crippen molar-refractivity contribution in [2.45, 2.75) is 32.2 Å². The summed E-state index contributed by atoms with van der Waals surface area (Å²) in [6.45, 7) is 1.14. The van der Waals surface area contributed by atoms with E-state index in [1.54, 1.807) is 6.33 Å². The number of aromatic nitrogens is 4. The Bertz CT molecular complexity index is 485. The van der Waals surface area contributed by atoms with Crippen LogP contribution in [0, 0.1) is 0 Å². The summed E-state index contributed by atoms with van der Waals surface area (Å²) in [6, 6.07) is 0. The van der Waals surface area contributed by atoms with E-state index in [1.807, 2.05) is 4.57 Å². The van der Waals surface area contributed by atoms with Crippen molar-refractivity contribution >= 4 is 22.8 Å². The number of hydrogen-bond donors (Lipinski definition) is 1. The molecule has 6 heteroatoms. The molecule has 0 bridgehead atoms. The van der Waals surface area contributed by atoms with Crippen molar-refractivity contribution in [3.63, 3.8) is 0 Å². The average Bonchev–Trinajstić information content (AvgIpc) is 2.74. The van der Waals surface area contributed by atoms with Crippen LogP contribution in [0.2, 0.25) is 5.15 Å². The number of rotatable bonds is 6. The Kier molecular flexibility index (Phi) is 4.28. The molecule has 2 aromatic heterocycles. The summed E-state index contributed by atoms with van der Waals surface area (Å²) in [5.41, 5.74) is 1.44. The van der Waals surface area contributed by atoms with Crippen molar-refractivity contribution < 1.29 is 5.11 Å². The van der Waals surface area contributed by atoms with Gasteiger partial charge in [0.1, 0.15) is 11.8 Å². The molecule has 1 N–H and O–H groups in total. The first-order valence-electron chi connectivity index (χ1n) is 5.75. The van der Waals surface area contributed by atoms with Gasteiger partial charge in [-0.3, -0.25) is 0 Å². The monoisotopic (exact) mass is 254 g/mol. The molecule has 0 unspecified atom stereocenters. The van der Waals surface area contributed by atoms with Gasteiger partial charge in [-0.1, -0.05) is 24.4 Å². The highest BCUT2D eigenvalue weighted by Crippen LogP contribution is 2.17. The second-order valence-electron chi connectivity index (χ2n) is 3.91. The van der Waals surface area contributed by atoms with Gasteiger partial charge in [-0.15, -0.1) is 0 Å². The normalized spacial score (nSPS) is 11.2. The molecule has 5 nitrogen and oxygen atoms in total. The number of aryl methyl sites for hydroxylation is 1. The van der Waals surface area contributed by atoms with Gasteiger partial charge in [-0.25, -0.2) is 15.0 Å². The molecule has 92 valence electrons. The SMILES string of the molecule is OCCCCCCn1cnc2c(Cl)ncnc21. The summed E-state index contributed by atoms with van der Waals surface area (Å²) in [7, 11) is 0. The van der Waals surface area contributed by atoms with Crippen LogP contribution in [-0.4, -0.2) is 31.2 Å². The molecule has 2 heterocycles. The molecular weight excluding hydrogens is 240 g/mol. The van der Waals surface area contributed by atoms with E-state index >= 15 is 0 Å². The fourth-order valence-corrected chi connectivity index (χ4v) is 1.94. The van der Waals surface area contributed by atoms with Gasteiger partial charge in [0.05, 0.1) is 6.33 Å². The Morgan fingerprint density at radius 1 is 1.12 bits per heavy atom. The zero-order chi connectivity index (χ0) is 12.1. The summed E-state index contributed by atoms with van der Waals surface area (Å²) in [4.78, 5) is 12.3. The Morgan fingerprint density at radius 3 is 2.76 bits per heavy atom. The van der Waals surface area contributed by atoms with E-state index in [9.17, 15) is 0 Å². The van der Waals surface area contributed by atoms with Crippen LogP contribution in [0.15, 0.2) is 12.7 Å². The van der Waals surface area contributed by atoms with Crippen molar-refractivity contribution in [1.29, 1.82) is 0 Å². The highest BCUT2D eigenvalue weighted by Gasteiger charge is 2.07. The number of halogens is 1. The van der Waals surface area contributed by atoms with E-state index in [2.05, 4.69) is 15.0 Å². The maximum atomic E-state index is 8.67. The maximum absolute atomic E-state index is 8.67. The molecule has 0 fully saturated rings. The van der Waals surface area contributed by atoms with Crippen LogP contribution in [0.1, 0.15) is 25.7 Å². The van der Waals surface area contributed by atoms with E-state index in [-0.39, 0.29) is 6.61 Å². The second-order valence-corrected chi connectivity index (χ2v) is 4.27. The lowest BCUT2D eigenvalue weighted by Gasteiger charge is -2.03. The van der Waals surface area contributed by atoms with E-state index in [4.69, 9.17) is 16.7 Å². The lowest BCUT2D eigenvalue weighted by molar-refractivity contribution is 0.282. The van der Waals surface area contributed by atoms with Crippen molar-refractivity contribution in [3.8, 4) is 0 Å². The minimum atomic E-state index is 0.275.